The van der Waals surface area contributed by atoms with Crippen molar-refractivity contribution in [3.05, 3.63) is 28.3 Å². The van der Waals surface area contributed by atoms with Crippen LogP contribution in [0.5, 0.6) is 0 Å². The van der Waals surface area contributed by atoms with E-state index >= 15 is 0 Å². The minimum atomic E-state index is -4.26. The van der Waals surface area contributed by atoms with Gasteiger partial charge in [-0.1, -0.05) is 24.4 Å². The molecule has 1 unspecified atom stereocenters. The number of hydrogen-bond acceptors (Lipinski definition) is 3. The zero-order valence-corrected chi connectivity index (χ0v) is 20.1. The Morgan fingerprint density at radius 3 is 2.52 bits per heavy atom. The van der Waals surface area contributed by atoms with E-state index in [-0.39, 0.29) is 30.7 Å². The summed E-state index contributed by atoms with van der Waals surface area (Å²) in [6, 6.07) is 3.61. The summed E-state index contributed by atoms with van der Waals surface area (Å²) in [6.07, 6.45) is -1.41. The van der Waals surface area contributed by atoms with Crippen LogP contribution in [-0.4, -0.2) is 53.5 Å². The molecule has 184 valence electrons. The summed E-state index contributed by atoms with van der Waals surface area (Å²) >= 11 is 6.28. The number of nitrogens with one attached hydrogen (secondary N) is 1. The number of amides is 2. The van der Waals surface area contributed by atoms with Crippen molar-refractivity contribution in [2.24, 2.45) is 5.92 Å². The molecule has 1 saturated carbocycles. The third kappa shape index (κ3) is 7.34. The van der Waals surface area contributed by atoms with Crippen molar-refractivity contribution in [1.29, 1.82) is 0 Å². The molecule has 0 radical (unpaired) electrons. The van der Waals surface area contributed by atoms with Crippen molar-refractivity contribution in [2.75, 3.05) is 25.0 Å². The van der Waals surface area contributed by atoms with Crippen molar-refractivity contribution in [1.82, 2.24) is 9.80 Å². The highest BCUT2D eigenvalue weighted by atomic mass is 35.5. The van der Waals surface area contributed by atoms with Crippen LogP contribution in [0, 0.1) is 12.8 Å². The van der Waals surface area contributed by atoms with Crippen molar-refractivity contribution in [3.63, 3.8) is 0 Å². The van der Waals surface area contributed by atoms with Crippen molar-refractivity contribution in [2.45, 2.75) is 77.6 Å². The van der Waals surface area contributed by atoms with E-state index in [9.17, 15) is 22.8 Å². The highest BCUT2D eigenvalue weighted by Gasteiger charge is 2.33. The monoisotopic (exact) mass is 487 g/mol. The smallest absolute Gasteiger partial charge is 0.337 e. The zero-order valence-electron chi connectivity index (χ0n) is 19.3. The number of anilines is 1. The van der Waals surface area contributed by atoms with Gasteiger partial charge in [-0.3, -0.25) is 14.5 Å². The number of piperazine rings is 1. The number of carbonyl (C=O) groups is 2. The normalized spacial score (nSPS) is 20.3. The molecule has 3 rings (SSSR count). The highest BCUT2D eigenvalue weighted by Crippen LogP contribution is 2.30. The van der Waals surface area contributed by atoms with Gasteiger partial charge in [-0.25, -0.2) is 0 Å². The maximum Gasteiger partial charge on any atom is 0.389 e. The van der Waals surface area contributed by atoms with Crippen LogP contribution in [0.1, 0.15) is 63.0 Å². The Morgan fingerprint density at radius 1 is 1.18 bits per heavy atom. The summed E-state index contributed by atoms with van der Waals surface area (Å²) in [5.41, 5.74) is 2.33. The van der Waals surface area contributed by atoms with E-state index in [0.717, 1.165) is 49.9 Å². The van der Waals surface area contributed by atoms with Gasteiger partial charge in [-0.15, -0.1) is 0 Å². The Morgan fingerprint density at radius 2 is 1.88 bits per heavy atom. The maximum absolute atomic E-state index is 12.8. The van der Waals surface area contributed by atoms with Gasteiger partial charge in [0.25, 0.3) is 0 Å². The fourth-order valence-electron chi connectivity index (χ4n) is 4.84. The Labute approximate surface area is 198 Å². The predicted molar refractivity (Wildman–Crippen MR) is 123 cm³/mol. The number of halogens is 4. The topological polar surface area (TPSA) is 52.6 Å². The minimum absolute atomic E-state index is 0.124. The van der Waals surface area contributed by atoms with Crippen LogP contribution in [0.25, 0.3) is 0 Å². The molecule has 0 spiro atoms. The first-order chi connectivity index (χ1) is 15.5. The quantitative estimate of drug-likeness (QED) is 0.549. The molecule has 9 heteroatoms. The first kappa shape index (κ1) is 25.8. The molecule has 0 aromatic heterocycles. The number of hydrogen-bond donors (Lipinski definition) is 1. The average molecular weight is 488 g/mol. The molecule has 1 heterocycles. The number of alkyl halides is 3. The molecule has 1 aromatic rings. The Kier molecular flexibility index (Phi) is 8.67. The first-order valence-corrected chi connectivity index (χ1v) is 12.1. The lowest BCUT2D eigenvalue weighted by molar-refractivity contribution is -0.140. The Balaban J connectivity index is 1.58. The fourth-order valence-corrected chi connectivity index (χ4v) is 5.08. The van der Waals surface area contributed by atoms with Crippen molar-refractivity contribution in [3.8, 4) is 0 Å². The zero-order chi connectivity index (χ0) is 24.2. The third-order valence-electron chi connectivity index (χ3n) is 6.71. The van der Waals surface area contributed by atoms with Gasteiger partial charge >= 0.3 is 6.18 Å². The second-order valence-electron chi connectivity index (χ2n) is 9.35. The fraction of sp³-hybridized carbons (Fsp3) is 0.667. The number of nitrogens with zero attached hydrogens (tertiary/aromatic N) is 2. The molecule has 1 N–H and O–H groups in total. The maximum atomic E-state index is 12.8. The van der Waals surface area contributed by atoms with E-state index in [4.69, 9.17) is 11.6 Å². The van der Waals surface area contributed by atoms with Gasteiger partial charge in [0, 0.05) is 61.7 Å². The third-order valence-corrected chi connectivity index (χ3v) is 6.93. The average Bonchev–Trinajstić information content (AvgIpc) is 3.25. The lowest BCUT2D eigenvalue weighted by Crippen LogP contribution is -2.54. The van der Waals surface area contributed by atoms with Crippen LogP contribution in [-0.2, 0) is 16.1 Å². The number of rotatable bonds is 7. The van der Waals surface area contributed by atoms with E-state index in [0.29, 0.717) is 23.8 Å². The molecule has 1 aromatic carbocycles. The second kappa shape index (κ2) is 11.1. The highest BCUT2D eigenvalue weighted by molar-refractivity contribution is 6.31. The summed E-state index contributed by atoms with van der Waals surface area (Å²) in [6.45, 7) is 6.78. The standard InChI is InChI=1S/C24H33ClF3N3O2/c1-16-14-30(10-11-31(16)23(33)18-6-3-4-7-18)15-19-12-20(25)13-21(17(19)2)29-22(32)8-5-9-24(26,27)28/h12-13,16,18H,3-11,14-15H2,1-2H3,(H,29,32). The molecule has 0 bridgehead atoms. The van der Waals surface area contributed by atoms with Gasteiger partial charge in [-0.2, -0.15) is 13.2 Å². The van der Waals surface area contributed by atoms with Gasteiger partial charge in [0.15, 0.2) is 0 Å². The van der Waals surface area contributed by atoms with Crippen molar-refractivity contribution < 1.29 is 22.8 Å². The van der Waals surface area contributed by atoms with Crippen molar-refractivity contribution >= 4 is 29.1 Å². The Bertz CT molecular complexity index is 856. The SMILES string of the molecule is Cc1c(CN2CCN(C(=O)C3CCCC3)C(C)C2)cc(Cl)cc1NC(=O)CCCC(F)(F)F. The summed E-state index contributed by atoms with van der Waals surface area (Å²) in [4.78, 5) is 29.3. The van der Waals surface area contributed by atoms with Gasteiger partial charge in [0.2, 0.25) is 11.8 Å². The van der Waals surface area contributed by atoms with Crippen LogP contribution >= 0.6 is 11.6 Å². The summed E-state index contributed by atoms with van der Waals surface area (Å²) in [7, 11) is 0. The van der Waals surface area contributed by atoms with Crippen LogP contribution in [0.4, 0.5) is 18.9 Å². The molecule has 2 aliphatic rings. The molecule has 33 heavy (non-hydrogen) atoms. The predicted octanol–water partition coefficient (Wildman–Crippen LogP) is 5.54. The number of benzene rings is 1. The molecule has 2 amide bonds. The molecule has 1 aliphatic carbocycles. The van der Waals surface area contributed by atoms with Crippen LogP contribution in [0.15, 0.2) is 12.1 Å². The summed E-state index contributed by atoms with van der Waals surface area (Å²) in [5.74, 6) is 0.00816. The van der Waals surface area contributed by atoms with E-state index < -0.39 is 18.5 Å². The van der Waals surface area contributed by atoms with Crippen LogP contribution < -0.4 is 5.32 Å². The van der Waals surface area contributed by atoms with Gasteiger partial charge in [0.1, 0.15) is 0 Å². The lowest BCUT2D eigenvalue weighted by Gasteiger charge is -2.41. The minimum Gasteiger partial charge on any atom is -0.337 e. The number of carbonyl (C=O) groups excluding carboxylic acids is 2. The summed E-state index contributed by atoms with van der Waals surface area (Å²) < 4.78 is 37.0. The van der Waals surface area contributed by atoms with E-state index in [1.165, 1.54) is 0 Å². The van der Waals surface area contributed by atoms with E-state index in [1.807, 2.05) is 17.9 Å². The molecule has 5 nitrogen and oxygen atoms in total. The molecule has 1 saturated heterocycles. The lowest BCUT2D eigenvalue weighted by atomic mass is 10.0. The second-order valence-corrected chi connectivity index (χ2v) is 9.79. The molecule has 1 aliphatic heterocycles. The molecule has 1 atom stereocenters. The summed E-state index contributed by atoms with van der Waals surface area (Å²) in [5, 5.41) is 3.18. The Hall–Kier alpha value is -1.80. The van der Waals surface area contributed by atoms with Gasteiger partial charge < -0.3 is 10.2 Å². The van der Waals surface area contributed by atoms with E-state index in [2.05, 4.69) is 17.1 Å². The van der Waals surface area contributed by atoms with Gasteiger partial charge in [0.05, 0.1) is 0 Å². The van der Waals surface area contributed by atoms with Gasteiger partial charge in [-0.05, 0) is 56.4 Å². The molecular weight excluding hydrogens is 455 g/mol. The molecular formula is C24H33ClF3N3O2. The largest absolute Gasteiger partial charge is 0.389 e. The first-order valence-electron chi connectivity index (χ1n) is 11.7. The van der Waals surface area contributed by atoms with Crippen LogP contribution in [0.3, 0.4) is 0 Å². The van der Waals surface area contributed by atoms with Crippen LogP contribution in [0.2, 0.25) is 5.02 Å². The van der Waals surface area contributed by atoms with E-state index in [1.54, 1.807) is 6.07 Å². The molecule has 2 fully saturated rings.